The van der Waals surface area contributed by atoms with Gasteiger partial charge in [-0.25, -0.2) is 4.79 Å². The third-order valence-corrected chi connectivity index (χ3v) is 3.82. The van der Waals surface area contributed by atoms with E-state index < -0.39 is 11.4 Å². The van der Waals surface area contributed by atoms with Crippen LogP contribution < -0.4 is 10.4 Å². The zero-order valence-corrected chi connectivity index (χ0v) is 13.4. The van der Waals surface area contributed by atoms with Gasteiger partial charge in [0.15, 0.2) is 5.78 Å². The van der Waals surface area contributed by atoms with Crippen LogP contribution in [0.15, 0.2) is 39.5 Å². The molecule has 0 amide bonds. The van der Waals surface area contributed by atoms with Gasteiger partial charge in [0.2, 0.25) is 5.79 Å². The average Bonchev–Trinajstić information content (AvgIpc) is 2.43. The monoisotopic (exact) mass is 344 g/mol. The summed E-state index contributed by atoms with van der Waals surface area (Å²) in [6, 6.07) is 7.06. The van der Waals surface area contributed by atoms with Gasteiger partial charge in [0.05, 0.1) is 24.5 Å². The molecule has 1 aliphatic rings. The molecule has 2 heterocycles. The van der Waals surface area contributed by atoms with Crippen molar-refractivity contribution in [1.29, 1.82) is 0 Å². The van der Waals surface area contributed by atoms with Crippen molar-refractivity contribution >= 4 is 11.6 Å². The number of hydrogen-bond acceptors (Lipinski definition) is 7. The van der Waals surface area contributed by atoms with E-state index in [9.17, 15) is 24.6 Å². The molecule has 1 atom stereocenters. The minimum Gasteiger partial charge on any atom is -0.508 e. The number of rotatable bonds is 4. The van der Waals surface area contributed by atoms with Gasteiger partial charge < -0.3 is 19.4 Å². The number of hydrogen-bond donors (Lipinski definition) is 2. The van der Waals surface area contributed by atoms with Crippen LogP contribution >= 0.6 is 0 Å². The molecule has 7 heteroatoms. The molecular formula is C18H16O7. The van der Waals surface area contributed by atoms with E-state index in [0.29, 0.717) is 5.56 Å². The molecule has 0 saturated heterocycles. The summed E-state index contributed by atoms with van der Waals surface area (Å²) in [4.78, 5) is 35.2. The fraction of sp³-hybridized carbons (Fsp3) is 0.278. The van der Waals surface area contributed by atoms with Crippen molar-refractivity contribution in [1.82, 2.24) is 0 Å². The Hall–Kier alpha value is -2.93. The Bertz CT molecular complexity index is 912. The van der Waals surface area contributed by atoms with Gasteiger partial charge in [-0.3, -0.25) is 9.59 Å². The lowest BCUT2D eigenvalue weighted by Gasteiger charge is -2.33. The van der Waals surface area contributed by atoms with E-state index in [-0.39, 0.29) is 53.7 Å². The highest BCUT2D eigenvalue weighted by Gasteiger charge is 2.40. The molecule has 1 aromatic carbocycles. The van der Waals surface area contributed by atoms with Gasteiger partial charge >= 0.3 is 5.63 Å². The smallest absolute Gasteiger partial charge is 0.339 e. The lowest BCUT2D eigenvalue weighted by atomic mass is 9.90. The zero-order valence-electron chi connectivity index (χ0n) is 13.4. The molecule has 0 bridgehead atoms. The summed E-state index contributed by atoms with van der Waals surface area (Å²) in [6.07, 6.45) is -0.544. The quantitative estimate of drug-likeness (QED) is 0.865. The summed E-state index contributed by atoms with van der Waals surface area (Å²) in [7, 11) is 0. The normalized spacial score (nSPS) is 19.2. The number of carbonyl (C=O) groups is 2. The largest absolute Gasteiger partial charge is 0.508 e. The number of carbonyl (C=O) groups excluding carboxylic acids is 2. The van der Waals surface area contributed by atoms with Gasteiger partial charge in [0.1, 0.15) is 23.0 Å². The van der Waals surface area contributed by atoms with Gasteiger partial charge in [0, 0.05) is 12.5 Å². The predicted octanol–water partition coefficient (Wildman–Crippen LogP) is 1.57. The second-order valence-corrected chi connectivity index (χ2v) is 6.09. The highest BCUT2D eigenvalue weighted by Crippen LogP contribution is 2.36. The number of Topliss-reactive ketones (excluding diaryl/α,β-unsaturated/α-hetero) is 2. The van der Waals surface area contributed by atoms with Gasteiger partial charge in [0.25, 0.3) is 0 Å². The van der Waals surface area contributed by atoms with Gasteiger partial charge in [-0.05, 0) is 18.6 Å². The fourth-order valence-corrected chi connectivity index (χ4v) is 2.98. The zero-order chi connectivity index (χ0) is 18.2. The van der Waals surface area contributed by atoms with Crippen LogP contribution in [0, 0.1) is 0 Å². The molecule has 1 aromatic heterocycles. The van der Waals surface area contributed by atoms with Gasteiger partial charge in [-0.15, -0.1) is 0 Å². The molecule has 0 saturated carbocycles. The Balaban J connectivity index is 1.97. The van der Waals surface area contributed by atoms with E-state index in [1.807, 2.05) is 0 Å². The van der Waals surface area contributed by atoms with E-state index in [1.54, 1.807) is 12.1 Å². The number of fused-ring (bicyclic) bond motifs is 1. The van der Waals surface area contributed by atoms with Crippen LogP contribution in [0.2, 0.25) is 0 Å². The minimum atomic E-state index is -1.86. The van der Waals surface area contributed by atoms with Crippen LogP contribution in [0.3, 0.4) is 0 Å². The highest BCUT2D eigenvalue weighted by atomic mass is 16.6. The summed E-state index contributed by atoms with van der Waals surface area (Å²) in [5.74, 6) is -2.39. The van der Waals surface area contributed by atoms with Crippen molar-refractivity contribution in [3.63, 3.8) is 0 Å². The lowest BCUT2D eigenvalue weighted by molar-refractivity contribution is -0.155. The van der Waals surface area contributed by atoms with Gasteiger partial charge in [-0.2, -0.15) is 0 Å². The summed E-state index contributed by atoms with van der Waals surface area (Å²) in [6.45, 7) is 1.31. The molecule has 0 spiro atoms. The summed E-state index contributed by atoms with van der Waals surface area (Å²) >= 11 is 0. The Morgan fingerprint density at radius 3 is 2.72 bits per heavy atom. The maximum Gasteiger partial charge on any atom is 0.339 e. The van der Waals surface area contributed by atoms with Crippen LogP contribution in [0.25, 0.3) is 0 Å². The second kappa shape index (κ2) is 6.18. The standard InChI is InChI=1S/C18H16O7/c1-10(19)8-18(23)9-14(21)17-11(3-2-4-15(17)25-18)5-13-6-12(20)7-16(22)24-13/h2-4,6-7,20,23H,5,8-9H2,1H3. The number of aromatic hydroxyl groups is 1. The maximum atomic E-state index is 12.5. The molecule has 7 nitrogen and oxygen atoms in total. The first-order chi connectivity index (χ1) is 11.8. The third kappa shape index (κ3) is 3.61. The molecule has 130 valence electrons. The van der Waals surface area contributed by atoms with Crippen molar-refractivity contribution in [2.75, 3.05) is 0 Å². The number of aliphatic hydroxyl groups is 1. The first-order valence-electron chi connectivity index (χ1n) is 7.65. The second-order valence-electron chi connectivity index (χ2n) is 6.09. The van der Waals surface area contributed by atoms with Crippen molar-refractivity contribution < 1.29 is 29.0 Å². The van der Waals surface area contributed by atoms with Crippen LogP contribution in [0.1, 0.15) is 41.4 Å². The van der Waals surface area contributed by atoms with E-state index in [4.69, 9.17) is 9.15 Å². The van der Waals surface area contributed by atoms with E-state index in [2.05, 4.69) is 0 Å². The van der Waals surface area contributed by atoms with Crippen molar-refractivity contribution in [2.24, 2.45) is 0 Å². The Morgan fingerprint density at radius 1 is 1.28 bits per heavy atom. The van der Waals surface area contributed by atoms with Crippen molar-refractivity contribution in [2.45, 2.75) is 32.0 Å². The summed E-state index contributed by atoms with van der Waals surface area (Å²) < 4.78 is 10.5. The Labute approximate surface area is 142 Å². The van der Waals surface area contributed by atoms with Crippen LogP contribution in [0.5, 0.6) is 11.5 Å². The first kappa shape index (κ1) is 16.9. The fourth-order valence-electron chi connectivity index (χ4n) is 2.98. The molecular weight excluding hydrogens is 328 g/mol. The van der Waals surface area contributed by atoms with E-state index >= 15 is 0 Å². The Morgan fingerprint density at radius 2 is 2.04 bits per heavy atom. The molecule has 0 radical (unpaired) electrons. The summed E-state index contributed by atoms with van der Waals surface area (Å²) in [5, 5.41) is 19.9. The highest BCUT2D eigenvalue weighted by molar-refractivity contribution is 6.02. The molecule has 1 unspecified atom stereocenters. The van der Waals surface area contributed by atoms with Crippen molar-refractivity contribution in [3.05, 3.63) is 57.6 Å². The third-order valence-electron chi connectivity index (χ3n) is 3.82. The lowest BCUT2D eigenvalue weighted by Crippen LogP contribution is -2.43. The minimum absolute atomic E-state index is 0.0903. The van der Waals surface area contributed by atoms with Gasteiger partial charge in [-0.1, -0.05) is 12.1 Å². The molecule has 1 aliphatic heterocycles. The molecule has 0 aliphatic carbocycles. The maximum absolute atomic E-state index is 12.5. The molecule has 25 heavy (non-hydrogen) atoms. The predicted molar refractivity (Wildman–Crippen MR) is 85.7 cm³/mol. The SMILES string of the molecule is CC(=O)CC1(O)CC(=O)c2c(Cc3cc(O)cc(=O)o3)cccc2O1. The molecule has 2 aromatic rings. The Kier molecular flexibility index (Phi) is 4.18. The van der Waals surface area contributed by atoms with Crippen LogP contribution in [0.4, 0.5) is 0 Å². The van der Waals surface area contributed by atoms with Crippen LogP contribution in [-0.2, 0) is 11.2 Å². The number of benzene rings is 1. The molecule has 2 N–H and O–H groups in total. The first-order valence-corrected chi connectivity index (χ1v) is 7.65. The summed E-state index contributed by atoms with van der Waals surface area (Å²) in [5.41, 5.74) is 0.0982. The average molecular weight is 344 g/mol. The molecule has 0 fully saturated rings. The topological polar surface area (TPSA) is 114 Å². The van der Waals surface area contributed by atoms with E-state index in [1.165, 1.54) is 19.1 Å². The van der Waals surface area contributed by atoms with Crippen LogP contribution in [-0.4, -0.2) is 27.6 Å². The number of ketones is 2. The van der Waals surface area contributed by atoms with E-state index in [0.717, 1.165) is 6.07 Å². The molecule has 3 rings (SSSR count). The van der Waals surface area contributed by atoms with Crippen molar-refractivity contribution in [3.8, 4) is 11.5 Å². The number of ether oxygens (including phenoxy) is 1.